The standard InChI is InChI=1S/C19H23F3N4OS/c1-12(17(27)23-15-10-8-14(9-11-15)19(20,21)22)28-18-25-24-13(2)26(18)16-6-4-3-5-7-16/h8-12,16H,3-7H2,1-2H3,(H,23,27). The fraction of sp³-hybridized carbons (Fsp3) is 0.526. The Morgan fingerprint density at radius 1 is 1.18 bits per heavy atom. The maximum atomic E-state index is 12.6. The maximum Gasteiger partial charge on any atom is 0.416 e. The first-order chi connectivity index (χ1) is 13.3. The molecule has 3 rings (SSSR count). The fourth-order valence-corrected chi connectivity index (χ4v) is 4.35. The molecule has 1 aliphatic carbocycles. The highest BCUT2D eigenvalue weighted by atomic mass is 32.2. The quantitative estimate of drug-likeness (QED) is 0.683. The minimum absolute atomic E-state index is 0.291. The van der Waals surface area contributed by atoms with Crippen molar-refractivity contribution in [2.45, 2.75) is 68.6 Å². The van der Waals surface area contributed by atoms with Gasteiger partial charge in [0.1, 0.15) is 5.82 Å². The maximum absolute atomic E-state index is 12.6. The summed E-state index contributed by atoms with van der Waals surface area (Å²) in [5, 5.41) is 11.3. The number of rotatable bonds is 5. The van der Waals surface area contributed by atoms with Crippen molar-refractivity contribution in [3.63, 3.8) is 0 Å². The van der Waals surface area contributed by atoms with Gasteiger partial charge in [0.2, 0.25) is 5.91 Å². The number of anilines is 1. The summed E-state index contributed by atoms with van der Waals surface area (Å²) < 4.78 is 40.0. The van der Waals surface area contributed by atoms with Gasteiger partial charge >= 0.3 is 6.18 Å². The van der Waals surface area contributed by atoms with Gasteiger partial charge in [-0.1, -0.05) is 31.0 Å². The second kappa shape index (κ2) is 8.55. The van der Waals surface area contributed by atoms with Crippen LogP contribution in [0.1, 0.15) is 56.5 Å². The number of nitrogens with one attached hydrogen (secondary N) is 1. The Labute approximate surface area is 166 Å². The number of hydrogen-bond donors (Lipinski definition) is 1. The van der Waals surface area contributed by atoms with Gasteiger partial charge in [0.05, 0.1) is 10.8 Å². The van der Waals surface area contributed by atoms with Crippen LogP contribution in [0.15, 0.2) is 29.4 Å². The van der Waals surface area contributed by atoms with Crippen LogP contribution >= 0.6 is 11.8 Å². The van der Waals surface area contributed by atoms with E-state index < -0.39 is 17.0 Å². The summed E-state index contributed by atoms with van der Waals surface area (Å²) in [7, 11) is 0. The van der Waals surface area contributed by atoms with E-state index in [4.69, 9.17) is 0 Å². The number of hydrogen-bond acceptors (Lipinski definition) is 4. The first-order valence-electron chi connectivity index (χ1n) is 9.32. The number of carbonyl (C=O) groups excluding carboxylic acids is 1. The molecule has 1 saturated carbocycles. The van der Waals surface area contributed by atoms with E-state index in [0.717, 1.165) is 30.8 Å². The third-order valence-electron chi connectivity index (χ3n) is 4.91. The molecule has 0 spiro atoms. The van der Waals surface area contributed by atoms with Crippen LogP contribution in [0.2, 0.25) is 0 Å². The van der Waals surface area contributed by atoms with Crippen molar-refractivity contribution in [3.05, 3.63) is 35.7 Å². The summed E-state index contributed by atoms with van der Waals surface area (Å²) in [6, 6.07) is 4.78. The Bertz CT molecular complexity index is 814. The van der Waals surface area contributed by atoms with Gasteiger partial charge in [-0.05, 0) is 51.0 Å². The number of halogens is 3. The molecule has 0 saturated heterocycles. The summed E-state index contributed by atoms with van der Waals surface area (Å²) in [6.45, 7) is 3.66. The highest BCUT2D eigenvalue weighted by molar-refractivity contribution is 8.00. The van der Waals surface area contributed by atoms with Crippen LogP contribution in [0, 0.1) is 6.92 Å². The van der Waals surface area contributed by atoms with Gasteiger partial charge in [-0.2, -0.15) is 13.2 Å². The van der Waals surface area contributed by atoms with E-state index in [0.29, 0.717) is 16.9 Å². The van der Waals surface area contributed by atoms with Crippen LogP contribution in [0.25, 0.3) is 0 Å². The lowest BCUT2D eigenvalue weighted by Crippen LogP contribution is -2.23. The molecule has 28 heavy (non-hydrogen) atoms. The van der Waals surface area contributed by atoms with Gasteiger partial charge in [-0.25, -0.2) is 0 Å². The molecule has 152 valence electrons. The lowest BCUT2D eigenvalue weighted by molar-refractivity contribution is -0.137. The van der Waals surface area contributed by atoms with Crippen molar-refractivity contribution in [1.29, 1.82) is 0 Å². The number of thioether (sulfide) groups is 1. The van der Waals surface area contributed by atoms with Gasteiger partial charge in [0, 0.05) is 11.7 Å². The first kappa shape index (κ1) is 20.7. The number of alkyl halides is 3. The molecule has 2 aromatic rings. The molecule has 9 heteroatoms. The van der Waals surface area contributed by atoms with E-state index in [9.17, 15) is 18.0 Å². The second-order valence-electron chi connectivity index (χ2n) is 7.02. The Morgan fingerprint density at radius 3 is 2.43 bits per heavy atom. The van der Waals surface area contributed by atoms with E-state index in [2.05, 4.69) is 20.1 Å². The minimum Gasteiger partial charge on any atom is -0.325 e. The van der Waals surface area contributed by atoms with E-state index in [-0.39, 0.29) is 5.91 Å². The molecule has 1 amide bonds. The molecule has 1 aliphatic rings. The Balaban J connectivity index is 1.65. The summed E-state index contributed by atoms with van der Waals surface area (Å²) in [5.74, 6) is 0.547. The molecule has 1 fully saturated rings. The molecular formula is C19H23F3N4OS. The van der Waals surface area contributed by atoms with Crippen LogP contribution in [0.3, 0.4) is 0 Å². The molecule has 1 atom stereocenters. The first-order valence-corrected chi connectivity index (χ1v) is 10.2. The third-order valence-corrected chi connectivity index (χ3v) is 5.96. The average Bonchev–Trinajstić information content (AvgIpc) is 3.02. The van der Waals surface area contributed by atoms with Crippen molar-refractivity contribution < 1.29 is 18.0 Å². The van der Waals surface area contributed by atoms with Crippen LogP contribution < -0.4 is 5.32 Å². The second-order valence-corrected chi connectivity index (χ2v) is 8.32. The number of amides is 1. The van der Waals surface area contributed by atoms with E-state index >= 15 is 0 Å². The topological polar surface area (TPSA) is 59.8 Å². The van der Waals surface area contributed by atoms with E-state index in [1.54, 1.807) is 6.92 Å². The van der Waals surface area contributed by atoms with Crippen molar-refractivity contribution in [1.82, 2.24) is 14.8 Å². The molecule has 1 aromatic carbocycles. The van der Waals surface area contributed by atoms with Crippen molar-refractivity contribution >= 4 is 23.4 Å². The predicted molar refractivity (Wildman–Crippen MR) is 102 cm³/mol. The molecule has 1 aromatic heterocycles. The predicted octanol–water partition coefficient (Wildman–Crippen LogP) is 5.23. The van der Waals surface area contributed by atoms with Crippen molar-refractivity contribution in [2.75, 3.05) is 5.32 Å². The monoisotopic (exact) mass is 412 g/mol. The zero-order valence-electron chi connectivity index (χ0n) is 15.8. The summed E-state index contributed by atoms with van der Waals surface area (Å²) >= 11 is 1.32. The number of benzene rings is 1. The van der Waals surface area contributed by atoms with Gasteiger partial charge in [0.15, 0.2) is 5.16 Å². The lowest BCUT2D eigenvalue weighted by Gasteiger charge is -2.25. The average molecular weight is 412 g/mol. The van der Waals surface area contributed by atoms with Crippen LogP contribution in [0.4, 0.5) is 18.9 Å². The molecular weight excluding hydrogens is 389 g/mol. The number of nitrogens with zero attached hydrogens (tertiary/aromatic N) is 3. The summed E-state index contributed by atoms with van der Waals surface area (Å²) in [4.78, 5) is 12.5. The fourth-order valence-electron chi connectivity index (χ4n) is 3.39. The molecule has 0 bridgehead atoms. The van der Waals surface area contributed by atoms with E-state index in [1.807, 2.05) is 6.92 Å². The molecule has 0 radical (unpaired) electrons. The number of carbonyl (C=O) groups is 1. The smallest absolute Gasteiger partial charge is 0.325 e. The normalized spacial score (nSPS) is 16.8. The van der Waals surface area contributed by atoms with Crippen LogP contribution in [0.5, 0.6) is 0 Å². The molecule has 1 heterocycles. The van der Waals surface area contributed by atoms with Gasteiger partial charge < -0.3 is 9.88 Å². The third kappa shape index (κ3) is 4.87. The van der Waals surface area contributed by atoms with Crippen LogP contribution in [-0.4, -0.2) is 25.9 Å². The Hall–Kier alpha value is -2.03. The zero-order chi connectivity index (χ0) is 20.3. The van der Waals surface area contributed by atoms with E-state index in [1.165, 1.54) is 43.2 Å². The number of aryl methyl sites for hydroxylation is 1. The Morgan fingerprint density at radius 2 is 1.82 bits per heavy atom. The lowest BCUT2D eigenvalue weighted by atomic mass is 9.95. The number of aromatic nitrogens is 3. The van der Waals surface area contributed by atoms with Gasteiger partial charge in [-0.3, -0.25) is 4.79 Å². The summed E-state index contributed by atoms with van der Waals surface area (Å²) in [5.41, 5.74) is -0.417. The van der Waals surface area contributed by atoms with Crippen LogP contribution in [-0.2, 0) is 11.0 Å². The minimum atomic E-state index is -4.40. The molecule has 1 N–H and O–H groups in total. The van der Waals surface area contributed by atoms with Gasteiger partial charge in [0.25, 0.3) is 0 Å². The highest BCUT2D eigenvalue weighted by Crippen LogP contribution is 2.34. The summed E-state index contributed by atoms with van der Waals surface area (Å²) in [6.07, 6.45) is 1.36. The zero-order valence-corrected chi connectivity index (χ0v) is 16.6. The molecule has 0 aliphatic heterocycles. The highest BCUT2D eigenvalue weighted by Gasteiger charge is 2.30. The SMILES string of the molecule is Cc1nnc(SC(C)C(=O)Nc2ccc(C(F)(F)F)cc2)n1C1CCCCC1. The van der Waals surface area contributed by atoms with Crippen molar-refractivity contribution in [3.8, 4) is 0 Å². The van der Waals surface area contributed by atoms with Gasteiger partial charge in [-0.15, -0.1) is 10.2 Å². The largest absolute Gasteiger partial charge is 0.416 e. The van der Waals surface area contributed by atoms with Crippen molar-refractivity contribution in [2.24, 2.45) is 0 Å². The Kier molecular flexibility index (Phi) is 6.32. The molecule has 5 nitrogen and oxygen atoms in total. The molecule has 1 unspecified atom stereocenters.